The fourth-order valence-electron chi connectivity index (χ4n) is 2.17. The first kappa shape index (κ1) is 13.0. The van der Waals surface area contributed by atoms with E-state index in [0.717, 1.165) is 11.3 Å². The van der Waals surface area contributed by atoms with Gasteiger partial charge >= 0.3 is 6.03 Å². The summed E-state index contributed by atoms with van der Waals surface area (Å²) in [4.78, 5) is 23.2. The van der Waals surface area contributed by atoms with Gasteiger partial charge in [0.05, 0.1) is 12.1 Å². The quantitative estimate of drug-likeness (QED) is 0.638. The van der Waals surface area contributed by atoms with Crippen LogP contribution in [-0.2, 0) is 11.2 Å². The molecule has 106 valence electrons. The summed E-state index contributed by atoms with van der Waals surface area (Å²) in [6, 6.07) is 11.2. The number of amides is 3. The molecule has 0 saturated carbocycles. The number of urea groups is 1. The zero-order valence-electron chi connectivity index (χ0n) is 11.0. The van der Waals surface area contributed by atoms with Gasteiger partial charge in [0.1, 0.15) is 5.75 Å². The van der Waals surface area contributed by atoms with E-state index in [1.807, 2.05) is 0 Å². The zero-order valence-corrected chi connectivity index (χ0v) is 11.0. The van der Waals surface area contributed by atoms with E-state index < -0.39 is 6.03 Å². The lowest BCUT2D eigenvalue weighted by atomic mass is 10.1. The Morgan fingerprint density at radius 3 is 2.76 bits per heavy atom. The molecule has 0 saturated heterocycles. The summed E-state index contributed by atoms with van der Waals surface area (Å²) in [5.74, 6) is -0.0581. The maximum atomic E-state index is 11.9. The number of anilines is 3. The molecule has 6 heteroatoms. The van der Waals surface area contributed by atoms with Gasteiger partial charge < -0.3 is 21.1 Å². The molecule has 0 aliphatic carbocycles. The molecule has 0 bridgehead atoms. The number of phenolic OH excluding ortho intramolecular Hbond substituents is 1. The van der Waals surface area contributed by atoms with Crippen molar-refractivity contribution < 1.29 is 14.7 Å². The van der Waals surface area contributed by atoms with Crippen molar-refractivity contribution in [3.8, 4) is 5.75 Å². The molecule has 0 radical (unpaired) electrons. The van der Waals surface area contributed by atoms with Gasteiger partial charge in [0.2, 0.25) is 5.91 Å². The van der Waals surface area contributed by atoms with Gasteiger partial charge in [-0.25, -0.2) is 4.79 Å². The van der Waals surface area contributed by atoms with E-state index in [0.29, 0.717) is 17.8 Å². The number of nitrogens with one attached hydrogen (secondary N) is 3. The van der Waals surface area contributed by atoms with Crippen LogP contribution in [0.4, 0.5) is 21.9 Å². The Labute approximate surface area is 120 Å². The predicted molar refractivity (Wildman–Crippen MR) is 79.5 cm³/mol. The third-order valence-corrected chi connectivity index (χ3v) is 3.14. The van der Waals surface area contributed by atoms with Crippen LogP contribution in [0.3, 0.4) is 0 Å². The third-order valence-electron chi connectivity index (χ3n) is 3.14. The molecule has 0 spiro atoms. The average molecular weight is 283 g/mol. The van der Waals surface area contributed by atoms with E-state index in [9.17, 15) is 14.7 Å². The van der Waals surface area contributed by atoms with Gasteiger partial charge in [-0.05, 0) is 35.9 Å². The number of hydrogen-bond acceptors (Lipinski definition) is 3. The van der Waals surface area contributed by atoms with Gasteiger partial charge in [0.25, 0.3) is 0 Å². The molecule has 0 unspecified atom stereocenters. The van der Waals surface area contributed by atoms with Crippen LogP contribution in [0.1, 0.15) is 5.56 Å². The molecule has 1 aliphatic rings. The first-order chi connectivity index (χ1) is 10.1. The number of phenols is 1. The average Bonchev–Trinajstić information content (AvgIpc) is 2.80. The molecule has 6 nitrogen and oxygen atoms in total. The highest BCUT2D eigenvalue weighted by Gasteiger charge is 2.17. The molecule has 0 atom stereocenters. The number of rotatable bonds is 2. The SMILES string of the molecule is O=C1Cc2cc(NC(=O)Nc3ccccc3O)ccc2N1. The summed E-state index contributed by atoms with van der Waals surface area (Å²) in [7, 11) is 0. The fourth-order valence-corrected chi connectivity index (χ4v) is 2.17. The lowest BCUT2D eigenvalue weighted by Crippen LogP contribution is -2.19. The largest absolute Gasteiger partial charge is 0.506 e. The molecule has 2 aromatic carbocycles. The number of benzene rings is 2. The van der Waals surface area contributed by atoms with Gasteiger partial charge in [-0.2, -0.15) is 0 Å². The second-order valence-corrected chi connectivity index (χ2v) is 4.69. The van der Waals surface area contributed by atoms with E-state index in [-0.39, 0.29) is 11.7 Å². The fraction of sp³-hybridized carbons (Fsp3) is 0.0667. The maximum absolute atomic E-state index is 11.9. The molecule has 2 aromatic rings. The second-order valence-electron chi connectivity index (χ2n) is 4.69. The summed E-state index contributed by atoms with van der Waals surface area (Å²) < 4.78 is 0. The van der Waals surface area contributed by atoms with Crippen molar-refractivity contribution in [2.24, 2.45) is 0 Å². The van der Waals surface area contributed by atoms with Crippen LogP contribution in [0.15, 0.2) is 42.5 Å². The molecule has 21 heavy (non-hydrogen) atoms. The first-order valence-corrected chi connectivity index (χ1v) is 6.40. The Morgan fingerprint density at radius 1 is 1.14 bits per heavy atom. The van der Waals surface area contributed by atoms with Gasteiger partial charge in [-0.3, -0.25) is 4.79 Å². The predicted octanol–water partition coefficient (Wildman–Crippen LogP) is 2.53. The topological polar surface area (TPSA) is 90.5 Å². The lowest BCUT2D eigenvalue weighted by molar-refractivity contribution is -0.115. The van der Waals surface area contributed by atoms with E-state index in [4.69, 9.17) is 0 Å². The summed E-state index contributed by atoms with van der Waals surface area (Å²) >= 11 is 0. The van der Waals surface area contributed by atoms with E-state index in [1.54, 1.807) is 36.4 Å². The monoisotopic (exact) mass is 283 g/mol. The van der Waals surface area contributed by atoms with Crippen molar-refractivity contribution in [1.29, 1.82) is 0 Å². The van der Waals surface area contributed by atoms with Crippen molar-refractivity contribution >= 4 is 29.0 Å². The molecule has 3 amide bonds. The van der Waals surface area contributed by atoms with Crippen molar-refractivity contribution in [3.05, 3.63) is 48.0 Å². The van der Waals surface area contributed by atoms with Gasteiger partial charge in [-0.1, -0.05) is 12.1 Å². The van der Waals surface area contributed by atoms with Gasteiger partial charge in [0, 0.05) is 11.4 Å². The molecule has 0 aromatic heterocycles. The maximum Gasteiger partial charge on any atom is 0.323 e. The molecule has 1 aliphatic heterocycles. The molecular formula is C15H13N3O3. The van der Waals surface area contributed by atoms with Crippen molar-refractivity contribution in [1.82, 2.24) is 0 Å². The highest BCUT2D eigenvalue weighted by molar-refractivity contribution is 6.02. The van der Waals surface area contributed by atoms with Crippen molar-refractivity contribution in [3.63, 3.8) is 0 Å². The first-order valence-electron chi connectivity index (χ1n) is 6.40. The van der Waals surface area contributed by atoms with Crippen LogP contribution in [0.5, 0.6) is 5.75 Å². The molecule has 3 rings (SSSR count). The van der Waals surface area contributed by atoms with Crippen molar-refractivity contribution in [2.75, 3.05) is 16.0 Å². The van der Waals surface area contributed by atoms with Crippen LogP contribution in [0.2, 0.25) is 0 Å². The third kappa shape index (κ3) is 2.79. The Bertz CT molecular complexity index is 728. The minimum Gasteiger partial charge on any atom is -0.506 e. The van der Waals surface area contributed by atoms with E-state index >= 15 is 0 Å². The lowest BCUT2D eigenvalue weighted by Gasteiger charge is -2.09. The van der Waals surface area contributed by atoms with Crippen LogP contribution in [0.25, 0.3) is 0 Å². The number of para-hydroxylation sites is 2. The Balaban J connectivity index is 1.70. The number of carbonyl (C=O) groups excluding carboxylic acids is 2. The standard InChI is InChI=1S/C15H13N3O3/c19-13-4-2-1-3-12(13)18-15(21)16-10-5-6-11-9(7-10)8-14(20)17-11/h1-7,19H,8H2,(H,17,20)(H2,16,18,21). The molecular weight excluding hydrogens is 270 g/mol. The Kier molecular flexibility index (Phi) is 3.19. The number of hydrogen-bond donors (Lipinski definition) is 4. The minimum absolute atomic E-state index is 0.00333. The summed E-state index contributed by atoms with van der Waals surface area (Å²) in [6.45, 7) is 0. The summed E-state index contributed by atoms with van der Waals surface area (Å²) in [5, 5.41) is 17.5. The summed E-state index contributed by atoms with van der Waals surface area (Å²) in [5.41, 5.74) is 2.53. The van der Waals surface area contributed by atoms with Gasteiger partial charge in [-0.15, -0.1) is 0 Å². The van der Waals surface area contributed by atoms with Crippen molar-refractivity contribution in [2.45, 2.75) is 6.42 Å². The molecule has 0 fully saturated rings. The highest BCUT2D eigenvalue weighted by atomic mass is 16.3. The highest BCUT2D eigenvalue weighted by Crippen LogP contribution is 2.26. The number of carbonyl (C=O) groups is 2. The number of fused-ring (bicyclic) bond motifs is 1. The minimum atomic E-state index is -0.464. The smallest absolute Gasteiger partial charge is 0.323 e. The van der Waals surface area contributed by atoms with Crippen LogP contribution < -0.4 is 16.0 Å². The summed E-state index contributed by atoms with van der Waals surface area (Å²) in [6.07, 6.45) is 0.311. The second kappa shape index (κ2) is 5.16. The molecule has 1 heterocycles. The molecule has 4 N–H and O–H groups in total. The normalized spacial score (nSPS) is 12.5. The van der Waals surface area contributed by atoms with Crippen LogP contribution in [0, 0.1) is 0 Å². The Hall–Kier alpha value is -3.02. The zero-order chi connectivity index (χ0) is 14.8. The van der Waals surface area contributed by atoms with Gasteiger partial charge in [0.15, 0.2) is 0 Å². The van der Waals surface area contributed by atoms with E-state index in [2.05, 4.69) is 16.0 Å². The van der Waals surface area contributed by atoms with E-state index in [1.165, 1.54) is 6.07 Å². The Morgan fingerprint density at radius 2 is 1.95 bits per heavy atom. The number of aromatic hydroxyl groups is 1. The van der Waals surface area contributed by atoms with Crippen LogP contribution >= 0.6 is 0 Å². The van der Waals surface area contributed by atoms with Crippen LogP contribution in [-0.4, -0.2) is 17.0 Å².